The Balaban J connectivity index is 0.00000231. The second-order valence-corrected chi connectivity index (χ2v) is 8.67. The van der Waals surface area contributed by atoms with Crippen LogP contribution in [-0.2, 0) is 0 Å². The molecule has 10 heteroatoms. The molecule has 3 heterocycles. The molecule has 1 aliphatic carbocycles. The van der Waals surface area contributed by atoms with Gasteiger partial charge in [0.05, 0.1) is 31.6 Å². The largest absolute Gasteiger partial charge is 0.627 e. The number of halogens is 2. The molecule has 31 heavy (non-hydrogen) atoms. The van der Waals surface area contributed by atoms with Crippen molar-refractivity contribution in [3.05, 3.63) is 39.1 Å². The van der Waals surface area contributed by atoms with Crippen molar-refractivity contribution in [2.45, 2.75) is 37.8 Å². The zero-order valence-corrected chi connectivity index (χ0v) is 17.9. The lowest BCUT2D eigenvalue weighted by atomic mass is 9.94. The van der Waals surface area contributed by atoms with E-state index >= 15 is 4.39 Å². The maximum atomic E-state index is 15.4. The molecule has 2 aliphatic heterocycles. The molecule has 1 aromatic heterocycles. The number of piperidine rings is 1. The summed E-state index contributed by atoms with van der Waals surface area (Å²) >= 11 is 0. The van der Waals surface area contributed by atoms with E-state index in [9.17, 15) is 19.9 Å². The lowest BCUT2D eigenvalue weighted by Gasteiger charge is -2.39. The highest BCUT2D eigenvalue weighted by molar-refractivity contribution is 5.97. The van der Waals surface area contributed by atoms with E-state index in [0.29, 0.717) is 5.52 Å². The molecule has 168 valence electrons. The van der Waals surface area contributed by atoms with Crippen molar-refractivity contribution >= 4 is 35.0 Å². The molecule has 3 aliphatic rings. The fourth-order valence-corrected chi connectivity index (χ4v) is 5.21. The molecule has 1 unspecified atom stereocenters. The Labute approximate surface area is 184 Å². The number of rotatable bonds is 4. The molecule has 2 saturated heterocycles. The van der Waals surface area contributed by atoms with Crippen LogP contribution in [0.25, 0.3) is 10.9 Å². The molecule has 3 atom stereocenters. The molecule has 2 N–H and O–H groups in total. The third-order valence-corrected chi connectivity index (χ3v) is 6.73. The first-order valence-electron chi connectivity index (χ1n) is 10.3. The van der Waals surface area contributed by atoms with Crippen molar-refractivity contribution in [3.8, 4) is 5.75 Å². The molecule has 3 fully saturated rings. The third-order valence-electron chi connectivity index (χ3n) is 6.73. The smallest absolute Gasteiger partial charge is 0.341 e. The number of carboxylic acids is 1. The normalized spacial score (nSPS) is 27.6. The van der Waals surface area contributed by atoms with Gasteiger partial charge in [-0.25, -0.2) is 9.18 Å². The van der Waals surface area contributed by atoms with E-state index in [0.717, 1.165) is 38.3 Å². The highest BCUT2D eigenvalue weighted by atomic mass is 35.5. The van der Waals surface area contributed by atoms with Crippen molar-refractivity contribution in [3.63, 3.8) is 0 Å². The van der Waals surface area contributed by atoms with Crippen molar-refractivity contribution in [2.24, 2.45) is 5.92 Å². The van der Waals surface area contributed by atoms with Crippen LogP contribution in [0.1, 0.15) is 42.1 Å². The molecule has 5 rings (SSSR count). The number of aromatic carboxylic acids is 1. The highest BCUT2D eigenvalue weighted by Crippen LogP contribution is 2.47. The molecular formula is C21H25ClFN3O5. The van der Waals surface area contributed by atoms with Gasteiger partial charge in [-0.3, -0.25) is 4.79 Å². The number of hydrogen-bond donors (Lipinski definition) is 2. The molecule has 0 bridgehead atoms. The predicted octanol–water partition coefficient (Wildman–Crippen LogP) is 2.79. The molecule has 0 amide bonds. The van der Waals surface area contributed by atoms with Crippen LogP contribution in [0.3, 0.4) is 0 Å². The van der Waals surface area contributed by atoms with Crippen LogP contribution in [0.15, 0.2) is 17.1 Å². The Morgan fingerprint density at radius 1 is 1.35 bits per heavy atom. The van der Waals surface area contributed by atoms with Gasteiger partial charge in [-0.2, -0.15) is 0 Å². The Hall–Kier alpha value is -2.20. The lowest BCUT2D eigenvalue weighted by molar-refractivity contribution is 0.0695. The molecule has 0 radical (unpaired) electrons. The van der Waals surface area contributed by atoms with Gasteiger partial charge in [0.15, 0.2) is 5.82 Å². The van der Waals surface area contributed by atoms with Gasteiger partial charge in [-0.15, -0.1) is 12.4 Å². The summed E-state index contributed by atoms with van der Waals surface area (Å²) in [6.07, 6.45) is 4.84. The van der Waals surface area contributed by atoms with E-state index in [-0.39, 0.29) is 60.3 Å². The topological polar surface area (TPSA) is 104 Å². The number of methoxy groups -OCH3 is 1. The predicted molar refractivity (Wildman–Crippen MR) is 117 cm³/mol. The fraction of sp³-hybridized carbons (Fsp3) is 0.524. The summed E-state index contributed by atoms with van der Waals surface area (Å²) in [5.74, 6) is -1.98. The second-order valence-electron chi connectivity index (χ2n) is 8.67. The summed E-state index contributed by atoms with van der Waals surface area (Å²) < 4.78 is 21.8. The quantitative estimate of drug-likeness (QED) is 0.545. The second kappa shape index (κ2) is 7.74. The van der Waals surface area contributed by atoms with Crippen LogP contribution in [0.4, 0.5) is 10.1 Å². The summed E-state index contributed by atoms with van der Waals surface area (Å²) in [7, 11) is 1.36. The number of fused-ring (bicyclic) bond motifs is 2. The van der Waals surface area contributed by atoms with Gasteiger partial charge in [0.25, 0.3) is 0 Å². The van der Waals surface area contributed by atoms with Crippen molar-refractivity contribution < 1.29 is 19.0 Å². The van der Waals surface area contributed by atoms with E-state index in [4.69, 9.17) is 4.74 Å². The van der Waals surface area contributed by atoms with E-state index < -0.39 is 27.4 Å². The number of pyridine rings is 1. The standard InChI is InChI=1S/C21H24FN3O5.ClH/c1-30-20-17-13(19(26)14(21(27)28)8-24(17)12-4-5-12)7-15(22)18(20)25(29)9-11-3-2-6-23-16(11)10-25;/h7-8,11-12,16,23H,2-6,9-10H2,1H3,(H,27,28);1H/t11-,16+,25?;/m0./s1. The van der Waals surface area contributed by atoms with Gasteiger partial charge in [0.2, 0.25) is 16.9 Å². The van der Waals surface area contributed by atoms with E-state index in [1.54, 1.807) is 4.57 Å². The van der Waals surface area contributed by atoms with Gasteiger partial charge in [-0.05, 0) is 38.3 Å². The zero-order chi connectivity index (χ0) is 21.2. The summed E-state index contributed by atoms with van der Waals surface area (Å²) in [6, 6.07) is 1.05. The summed E-state index contributed by atoms with van der Waals surface area (Å²) in [5.41, 5.74) is -0.973. The number of nitrogens with zero attached hydrogens (tertiary/aromatic N) is 2. The zero-order valence-electron chi connectivity index (χ0n) is 17.1. The number of benzene rings is 1. The Kier molecular flexibility index (Phi) is 5.49. The molecule has 2 aromatic rings. The van der Waals surface area contributed by atoms with E-state index in [2.05, 4.69) is 5.32 Å². The molecule has 0 spiro atoms. The number of ether oxygens (including phenoxy) is 1. The molecule has 8 nitrogen and oxygen atoms in total. The Morgan fingerprint density at radius 2 is 2.10 bits per heavy atom. The van der Waals surface area contributed by atoms with Crippen LogP contribution in [0, 0.1) is 16.9 Å². The number of nitrogens with one attached hydrogen (secondary N) is 1. The van der Waals surface area contributed by atoms with Crippen molar-refractivity contribution in [2.75, 3.05) is 26.7 Å². The van der Waals surface area contributed by atoms with Crippen LogP contribution >= 0.6 is 12.4 Å². The first kappa shape index (κ1) is 22.0. The minimum absolute atomic E-state index is 0. The minimum atomic E-state index is -1.36. The Morgan fingerprint density at radius 3 is 2.71 bits per heavy atom. The maximum Gasteiger partial charge on any atom is 0.341 e. The number of carboxylic acid groups (broad SMARTS) is 1. The van der Waals surface area contributed by atoms with Gasteiger partial charge in [0, 0.05) is 18.2 Å². The van der Waals surface area contributed by atoms with E-state index in [1.807, 2.05) is 0 Å². The monoisotopic (exact) mass is 453 g/mol. The van der Waals surface area contributed by atoms with Crippen LogP contribution in [-0.4, -0.2) is 48.4 Å². The van der Waals surface area contributed by atoms with Crippen LogP contribution < -0.4 is 20.1 Å². The van der Waals surface area contributed by atoms with Crippen molar-refractivity contribution in [1.82, 2.24) is 14.5 Å². The average Bonchev–Trinajstić information content (AvgIpc) is 3.48. The lowest BCUT2D eigenvalue weighted by Crippen LogP contribution is -2.45. The fourth-order valence-electron chi connectivity index (χ4n) is 5.21. The molecular weight excluding hydrogens is 429 g/mol. The van der Waals surface area contributed by atoms with Gasteiger partial charge in [-0.1, -0.05) is 0 Å². The van der Waals surface area contributed by atoms with Gasteiger partial charge >= 0.3 is 5.97 Å². The van der Waals surface area contributed by atoms with Crippen LogP contribution in [0.2, 0.25) is 0 Å². The van der Waals surface area contributed by atoms with E-state index in [1.165, 1.54) is 13.3 Å². The molecule has 1 saturated carbocycles. The third kappa shape index (κ3) is 3.40. The first-order valence-corrected chi connectivity index (χ1v) is 10.3. The SMILES string of the molecule is COc1c([N+]2([O-])C[C@@H]3CCCN[C@@H]3C2)c(F)cc2c(=O)c(C(=O)O)cn(C3CC3)c12.Cl. The van der Waals surface area contributed by atoms with Crippen LogP contribution in [0.5, 0.6) is 5.75 Å². The van der Waals surface area contributed by atoms with Crippen molar-refractivity contribution in [1.29, 1.82) is 0 Å². The highest BCUT2D eigenvalue weighted by Gasteiger charge is 2.46. The maximum absolute atomic E-state index is 15.4. The number of carbonyl (C=O) groups is 1. The number of hydroxylamine groups is 2. The summed E-state index contributed by atoms with van der Waals surface area (Å²) in [5, 5.41) is 26.6. The molecule has 1 aromatic carbocycles. The van der Waals surface area contributed by atoms with Gasteiger partial charge in [0.1, 0.15) is 11.1 Å². The number of quaternary nitrogens is 1. The minimum Gasteiger partial charge on any atom is -0.627 e. The summed E-state index contributed by atoms with van der Waals surface area (Å²) in [6.45, 7) is 1.29. The first-order chi connectivity index (χ1) is 14.3. The average molecular weight is 454 g/mol. The number of aromatic nitrogens is 1. The number of hydrogen-bond acceptors (Lipinski definition) is 5. The summed E-state index contributed by atoms with van der Waals surface area (Å²) in [4.78, 5) is 24.4. The van der Waals surface area contributed by atoms with Gasteiger partial charge < -0.3 is 29.6 Å². The Bertz CT molecular complexity index is 1100.